The van der Waals surface area contributed by atoms with E-state index in [-0.39, 0.29) is 17.6 Å². The average molecular weight is 341 g/mol. The summed E-state index contributed by atoms with van der Waals surface area (Å²) in [5.74, 6) is 1.05. The lowest BCUT2D eigenvalue weighted by atomic mass is 10.1. The van der Waals surface area contributed by atoms with Crippen LogP contribution in [-0.2, 0) is 9.84 Å². The van der Waals surface area contributed by atoms with E-state index in [2.05, 4.69) is 15.9 Å². The van der Waals surface area contributed by atoms with Crippen LogP contribution in [0.2, 0.25) is 0 Å². The molecule has 0 aliphatic carbocycles. The first-order valence-corrected chi connectivity index (χ1v) is 8.71. The first-order chi connectivity index (χ1) is 9.05. The Bertz CT molecular complexity index is 725. The predicted molar refractivity (Wildman–Crippen MR) is 79.3 cm³/mol. The molecule has 2 aromatic carbocycles. The van der Waals surface area contributed by atoms with E-state index in [4.69, 9.17) is 4.74 Å². The van der Waals surface area contributed by atoms with Gasteiger partial charge in [0.1, 0.15) is 11.9 Å². The molecule has 1 aliphatic rings. The largest absolute Gasteiger partial charge is 0.488 e. The van der Waals surface area contributed by atoms with E-state index in [1.807, 2.05) is 36.4 Å². The van der Waals surface area contributed by atoms with E-state index in [1.165, 1.54) is 0 Å². The third-order valence-electron chi connectivity index (χ3n) is 3.31. The summed E-state index contributed by atoms with van der Waals surface area (Å²) in [6.45, 7) is 0. The summed E-state index contributed by atoms with van der Waals surface area (Å²) in [5.41, 5.74) is 0. The van der Waals surface area contributed by atoms with Crippen LogP contribution in [0.1, 0.15) is 6.42 Å². The standard InChI is InChI=1S/C14H13BrO3S/c15-14-12-4-2-1-3-10(12)5-6-13(14)18-11-7-8-19(16,17)9-11/h1-6,11H,7-9H2. The minimum Gasteiger partial charge on any atom is -0.488 e. The molecule has 0 saturated carbocycles. The highest BCUT2D eigenvalue weighted by molar-refractivity contribution is 9.10. The van der Waals surface area contributed by atoms with Gasteiger partial charge in [-0.2, -0.15) is 0 Å². The number of ether oxygens (including phenoxy) is 1. The minimum absolute atomic E-state index is 0.117. The van der Waals surface area contributed by atoms with Gasteiger partial charge in [0, 0.05) is 0 Å². The zero-order valence-corrected chi connectivity index (χ0v) is 12.6. The van der Waals surface area contributed by atoms with Gasteiger partial charge in [-0.15, -0.1) is 0 Å². The lowest BCUT2D eigenvalue weighted by Gasteiger charge is -2.14. The first kappa shape index (κ1) is 12.9. The van der Waals surface area contributed by atoms with Crippen LogP contribution in [0.25, 0.3) is 10.8 Å². The molecule has 2 aromatic rings. The van der Waals surface area contributed by atoms with Crippen molar-refractivity contribution in [3.63, 3.8) is 0 Å². The number of hydrogen-bond donors (Lipinski definition) is 0. The molecule has 1 aliphatic heterocycles. The van der Waals surface area contributed by atoms with Gasteiger partial charge < -0.3 is 4.74 Å². The third-order valence-corrected chi connectivity index (χ3v) is 5.87. The van der Waals surface area contributed by atoms with Gasteiger partial charge in [0.15, 0.2) is 9.84 Å². The lowest BCUT2D eigenvalue weighted by molar-refractivity contribution is 0.228. The van der Waals surface area contributed by atoms with Crippen LogP contribution in [0.5, 0.6) is 5.75 Å². The van der Waals surface area contributed by atoms with E-state index in [9.17, 15) is 8.42 Å². The van der Waals surface area contributed by atoms with E-state index < -0.39 is 9.84 Å². The van der Waals surface area contributed by atoms with Crippen molar-refractivity contribution in [2.45, 2.75) is 12.5 Å². The fraction of sp³-hybridized carbons (Fsp3) is 0.286. The molecular weight excluding hydrogens is 328 g/mol. The summed E-state index contributed by atoms with van der Waals surface area (Å²) in [6, 6.07) is 11.9. The van der Waals surface area contributed by atoms with Gasteiger partial charge in [-0.25, -0.2) is 8.42 Å². The van der Waals surface area contributed by atoms with Gasteiger partial charge in [-0.1, -0.05) is 30.3 Å². The van der Waals surface area contributed by atoms with E-state index in [0.29, 0.717) is 12.2 Å². The molecule has 3 rings (SSSR count). The highest BCUT2D eigenvalue weighted by atomic mass is 79.9. The third kappa shape index (κ3) is 2.62. The molecule has 1 saturated heterocycles. The molecule has 19 heavy (non-hydrogen) atoms. The fourth-order valence-corrected chi connectivity index (χ4v) is 4.51. The second-order valence-electron chi connectivity index (χ2n) is 4.74. The SMILES string of the molecule is O=S1(=O)CCC(Oc2ccc3ccccc3c2Br)C1. The lowest BCUT2D eigenvalue weighted by Crippen LogP contribution is -2.17. The van der Waals surface area contributed by atoms with Crippen molar-refractivity contribution in [3.05, 3.63) is 40.9 Å². The van der Waals surface area contributed by atoms with Crippen LogP contribution < -0.4 is 4.74 Å². The normalized spacial score (nSPS) is 21.6. The molecule has 1 heterocycles. The van der Waals surface area contributed by atoms with Crippen LogP contribution in [0, 0.1) is 0 Å². The molecule has 1 fully saturated rings. The summed E-state index contributed by atoms with van der Waals surface area (Å²) in [6.07, 6.45) is 0.337. The Balaban J connectivity index is 1.92. The zero-order chi connectivity index (χ0) is 13.5. The van der Waals surface area contributed by atoms with Gasteiger partial charge >= 0.3 is 0 Å². The van der Waals surface area contributed by atoms with Gasteiger partial charge in [-0.05, 0) is 39.2 Å². The monoisotopic (exact) mass is 340 g/mol. The van der Waals surface area contributed by atoms with Crippen molar-refractivity contribution >= 4 is 36.5 Å². The van der Waals surface area contributed by atoms with Crippen molar-refractivity contribution in [1.82, 2.24) is 0 Å². The second kappa shape index (κ2) is 4.80. The average Bonchev–Trinajstić information content (AvgIpc) is 2.73. The minimum atomic E-state index is -2.91. The van der Waals surface area contributed by atoms with Crippen LogP contribution in [0.3, 0.4) is 0 Å². The quantitative estimate of drug-likeness (QED) is 0.843. The Morgan fingerprint density at radius 2 is 1.95 bits per heavy atom. The molecule has 1 atom stereocenters. The number of sulfone groups is 1. The maximum atomic E-state index is 11.4. The molecular formula is C14H13BrO3S. The number of hydrogen-bond acceptors (Lipinski definition) is 3. The first-order valence-electron chi connectivity index (χ1n) is 6.09. The Morgan fingerprint density at radius 1 is 1.16 bits per heavy atom. The van der Waals surface area contributed by atoms with E-state index in [1.54, 1.807) is 0 Å². The summed E-state index contributed by atoms with van der Waals surface area (Å²) >= 11 is 3.54. The maximum Gasteiger partial charge on any atom is 0.154 e. The van der Waals surface area contributed by atoms with Gasteiger partial charge in [-0.3, -0.25) is 0 Å². The summed E-state index contributed by atoms with van der Waals surface area (Å²) in [4.78, 5) is 0. The summed E-state index contributed by atoms with van der Waals surface area (Å²) in [7, 11) is -2.91. The van der Waals surface area contributed by atoms with Crippen molar-refractivity contribution in [3.8, 4) is 5.75 Å². The number of benzene rings is 2. The highest BCUT2D eigenvalue weighted by Gasteiger charge is 2.29. The smallest absolute Gasteiger partial charge is 0.154 e. The van der Waals surface area contributed by atoms with Crippen LogP contribution in [0.4, 0.5) is 0 Å². The molecule has 0 amide bonds. The molecule has 100 valence electrons. The Hall–Kier alpha value is -1.07. The summed E-state index contributed by atoms with van der Waals surface area (Å²) < 4.78 is 29.6. The second-order valence-corrected chi connectivity index (χ2v) is 7.76. The molecule has 0 bridgehead atoms. The van der Waals surface area contributed by atoms with E-state index in [0.717, 1.165) is 15.2 Å². The molecule has 1 unspecified atom stereocenters. The van der Waals surface area contributed by atoms with Gasteiger partial charge in [0.2, 0.25) is 0 Å². The number of rotatable bonds is 2. The summed E-state index contributed by atoms with van der Waals surface area (Å²) in [5, 5.41) is 2.20. The molecule has 0 aromatic heterocycles. The van der Waals surface area contributed by atoms with E-state index >= 15 is 0 Å². The van der Waals surface area contributed by atoms with Crippen molar-refractivity contribution in [1.29, 1.82) is 0 Å². The fourth-order valence-electron chi connectivity index (χ4n) is 2.34. The Kier molecular flexibility index (Phi) is 3.27. The Morgan fingerprint density at radius 3 is 2.68 bits per heavy atom. The van der Waals surface area contributed by atoms with Gasteiger partial charge in [0.25, 0.3) is 0 Å². The van der Waals surface area contributed by atoms with Crippen molar-refractivity contribution in [2.75, 3.05) is 11.5 Å². The van der Waals surface area contributed by atoms with Crippen LogP contribution in [-0.4, -0.2) is 26.0 Å². The molecule has 3 nitrogen and oxygen atoms in total. The van der Waals surface area contributed by atoms with Crippen LogP contribution in [0.15, 0.2) is 40.9 Å². The highest BCUT2D eigenvalue weighted by Crippen LogP contribution is 2.34. The predicted octanol–water partition coefficient (Wildman–Crippen LogP) is 3.17. The molecule has 0 spiro atoms. The Labute approximate surface area is 120 Å². The molecule has 5 heteroatoms. The zero-order valence-electron chi connectivity index (χ0n) is 10.2. The topological polar surface area (TPSA) is 43.4 Å². The number of fused-ring (bicyclic) bond motifs is 1. The van der Waals surface area contributed by atoms with Crippen LogP contribution >= 0.6 is 15.9 Å². The van der Waals surface area contributed by atoms with Crippen molar-refractivity contribution < 1.29 is 13.2 Å². The number of halogens is 1. The maximum absolute atomic E-state index is 11.4. The van der Waals surface area contributed by atoms with Crippen molar-refractivity contribution in [2.24, 2.45) is 0 Å². The molecule has 0 radical (unpaired) electrons. The molecule has 0 N–H and O–H groups in total. The van der Waals surface area contributed by atoms with Gasteiger partial charge in [0.05, 0.1) is 16.0 Å².